The van der Waals surface area contributed by atoms with Gasteiger partial charge in [-0.1, -0.05) is 11.6 Å². The molecule has 102 valence electrons. The summed E-state index contributed by atoms with van der Waals surface area (Å²) >= 11 is 5.93. The molecule has 1 aromatic rings. The molecule has 19 heavy (non-hydrogen) atoms. The largest absolute Gasteiger partial charge is 0.369 e. The third-order valence-corrected chi connectivity index (χ3v) is 3.84. The van der Waals surface area contributed by atoms with Crippen molar-refractivity contribution in [2.45, 2.75) is 25.8 Å². The molecule has 0 saturated carbocycles. The standard InChI is InChI=1S/C13H16ClN3O2/c1-8-4-5-9(12(15)18)7-17(8)13(19)10-3-2-6-16-11(10)14/h2-3,6,8-9H,4-5,7H2,1H3,(H2,15,18). The quantitative estimate of drug-likeness (QED) is 0.834. The summed E-state index contributed by atoms with van der Waals surface area (Å²) in [5.41, 5.74) is 5.69. The zero-order chi connectivity index (χ0) is 14.0. The molecule has 0 aromatic carbocycles. The summed E-state index contributed by atoms with van der Waals surface area (Å²) in [6, 6.07) is 3.37. The van der Waals surface area contributed by atoms with E-state index in [4.69, 9.17) is 17.3 Å². The van der Waals surface area contributed by atoms with Gasteiger partial charge in [-0.3, -0.25) is 9.59 Å². The van der Waals surface area contributed by atoms with Gasteiger partial charge in [-0.15, -0.1) is 0 Å². The summed E-state index contributed by atoms with van der Waals surface area (Å²) in [5, 5.41) is 0.181. The van der Waals surface area contributed by atoms with Crippen molar-refractivity contribution in [2.75, 3.05) is 6.54 Å². The number of aromatic nitrogens is 1. The zero-order valence-electron chi connectivity index (χ0n) is 10.7. The molecule has 0 spiro atoms. The van der Waals surface area contributed by atoms with E-state index in [1.807, 2.05) is 6.92 Å². The van der Waals surface area contributed by atoms with Crippen molar-refractivity contribution >= 4 is 23.4 Å². The predicted molar refractivity (Wildman–Crippen MR) is 71.7 cm³/mol. The van der Waals surface area contributed by atoms with Gasteiger partial charge in [-0.25, -0.2) is 4.98 Å². The van der Waals surface area contributed by atoms with Crippen molar-refractivity contribution in [3.05, 3.63) is 29.0 Å². The van der Waals surface area contributed by atoms with Crippen LogP contribution in [-0.4, -0.2) is 34.3 Å². The highest BCUT2D eigenvalue weighted by Crippen LogP contribution is 2.25. The summed E-state index contributed by atoms with van der Waals surface area (Å²) in [4.78, 5) is 29.3. The van der Waals surface area contributed by atoms with Gasteiger partial charge in [0.05, 0.1) is 11.5 Å². The van der Waals surface area contributed by atoms with Gasteiger partial charge in [-0.05, 0) is 31.9 Å². The van der Waals surface area contributed by atoms with Crippen LogP contribution in [0.15, 0.2) is 18.3 Å². The first kappa shape index (κ1) is 13.8. The average molecular weight is 282 g/mol. The molecule has 1 aromatic heterocycles. The normalized spacial score (nSPS) is 23.2. The lowest BCUT2D eigenvalue weighted by Gasteiger charge is -2.37. The van der Waals surface area contributed by atoms with Crippen LogP contribution >= 0.6 is 11.6 Å². The van der Waals surface area contributed by atoms with Crippen LogP contribution in [0.3, 0.4) is 0 Å². The first-order valence-corrected chi connectivity index (χ1v) is 6.59. The SMILES string of the molecule is CC1CCC(C(N)=O)CN1C(=O)c1cccnc1Cl. The van der Waals surface area contributed by atoms with E-state index in [0.717, 1.165) is 12.8 Å². The summed E-state index contributed by atoms with van der Waals surface area (Å²) in [6.07, 6.45) is 3.02. The Morgan fingerprint density at radius 1 is 1.47 bits per heavy atom. The van der Waals surface area contributed by atoms with E-state index < -0.39 is 0 Å². The molecular weight excluding hydrogens is 266 g/mol. The molecule has 6 heteroatoms. The lowest BCUT2D eigenvalue weighted by Crippen LogP contribution is -2.48. The minimum Gasteiger partial charge on any atom is -0.369 e. The first-order valence-electron chi connectivity index (χ1n) is 6.21. The number of amides is 2. The number of rotatable bonds is 2. The maximum atomic E-state index is 12.4. The molecule has 0 radical (unpaired) electrons. The minimum absolute atomic E-state index is 0.0689. The van der Waals surface area contributed by atoms with Gasteiger partial charge in [0.15, 0.2) is 0 Å². The Balaban J connectivity index is 2.22. The average Bonchev–Trinajstić information content (AvgIpc) is 2.38. The molecule has 1 fully saturated rings. The molecule has 0 bridgehead atoms. The molecule has 2 N–H and O–H groups in total. The van der Waals surface area contributed by atoms with Crippen LogP contribution in [0.25, 0.3) is 0 Å². The Labute approximate surface area is 116 Å². The summed E-state index contributed by atoms with van der Waals surface area (Å²) < 4.78 is 0. The van der Waals surface area contributed by atoms with Crippen LogP contribution in [0.4, 0.5) is 0 Å². The number of nitrogens with zero attached hydrogens (tertiary/aromatic N) is 2. The second-order valence-electron chi connectivity index (χ2n) is 4.82. The number of hydrogen-bond acceptors (Lipinski definition) is 3. The number of likely N-dealkylation sites (tertiary alicyclic amines) is 1. The number of primary amides is 1. The van der Waals surface area contributed by atoms with E-state index in [0.29, 0.717) is 12.1 Å². The molecule has 1 aliphatic rings. The Morgan fingerprint density at radius 2 is 2.21 bits per heavy atom. The van der Waals surface area contributed by atoms with Gasteiger partial charge >= 0.3 is 0 Å². The van der Waals surface area contributed by atoms with Crippen molar-refractivity contribution in [1.82, 2.24) is 9.88 Å². The Kier molecular flexibility index (Phi) is 4.04. The molecular formula is C13H16ClN3O2. The van der Waals surface area contributed by atoms with Crippen molar-refractivity contribution in [2.24, 2.45) is 11.7 Å². The second kappa shape index (κ2) is 5.57. The van der Waals surface area contributed by atoms with E-state index >= 15 is 0 Å². The summed E-state index contributed by atoms with van der Waals surface area (Å²) in [6.45, 7) is 2.31. The number of carbonyl (C=O) groups excluding carboxylic acids is 2. The predicted octanol–water partition coefficient (Wildman–Crippen LogP) is 1.46. The highest BCUT2D eigenvalue weighted by molar-refractivity contribution is 6.32. The van der Waals surface area contributed by atoms with Crippen molar-refractivity contribution in [1.29, 1.82) is 0 Å². The van der Waals surface area contributed by atoms with Gasteiger partial charge in [-0.2, -0.15) is 0 Å². The van der Waals surface area contributed by atoms with Gasteiger partial charge in [0.25, 0.3) is 5.91 Å². The number of pyridine rings is 1. The van der Waals surface area contributed by atoms with E-state index in [1.54, 1.807) is 17.0 Å². The van der Waals surface area contributed by atoms with Crippen LogP contribution < -0.4 is 5.73 Å². The fourth-order valence-electron chi connectivity index (χ4n) is 2.32. The number of piperidine rings is 1. The molecule has 2 amide bonds. The van der Waals surface area contributed by atoms with Crippen LogP contribution in [0.1, 0.15) is 30.1 Å². The van der Waals surface area contributed by atoms with Crippen LogP contribution in [0.5, 0.6) is 0 Å². The van der Waals surface area contributed by atoms with E-state index in [1.165, 1.54) is 6.20 Å². The van der Waals surface area contributed by atoms with Crippen LogP contribution in [-0.2, 0) is 4.79 Å². The van der Waals surface area contributed by atoms with Gasteiger partial charge in [0, 0.05) is 18.8 Å². The Bertz CT molecular complexity index is 506. The number of hydrogen-bond donors (Lipinski definition) is 1. The molecule has 2 atom stereocenters. The zero-order valence-corrected chi connectivity index (χ0v) is 11.4. The maximum Gasteiger partial charge on any atom is 0.257 e. The van der Waals surface area contributed by atoms with Crippen molar-refractivity contribution in [3.8, 4) is 0 Å². The minimum atomic E-state index is -0.359. The van der Waals surface area contributed by atoms with Crippen LogP contribution in [0, 0.1) is 5.92 Å². The molecule has 2 unspecified atom stereocenters. The molecule has 5 nitrogen and oxygen atoms in total. The molecule has 0 aliphatic carbocycles. The number of halogens is 1. The monoisotopic (exact) mass is 281 g/mol. The first-order chi connectivity index (χ1) is 9.00. The highest BCUT2D eigenvalue weighted by atomic mass is 35.5. The van der Waals surface area contributed by atoms with E-state index in [2.05, 4.69) is 4.98 Å². The smallest absolute Gasteiger partial charge is 0.257 e. The van der Waals surface area contributed by atoms with E-state index in [9.17, 15) is 9.59 Å². The fourth-order valence-corrected chi connectivity index (χ4v) is 2.52. The third-order valence-electron chi connectivity index (χ3n) is 3.53. The van der Waals surface area contributed by atoms with Gasteiger partial charge in [0.2, 0.25) is 5.91 Å². The van der Waals surface area contributed by atoms with Gasteiger partial charge < -0.3 is 10.6 Å². The van der Waals surface area contributed by atoms with E-state index in [-0.39, 0.29) is 28.9 Å². The molecule has 1 aliphatic heterocycles. The Hall–Kier alpha value is -1.62. The Morgan fingerprint density at radius 3 is 2.84 bits per heavy atom. The molecule has 2 rings (SSSR count). The maximum absolute atomic E-state index is 12.4. The summed E-state index contributed by atoms with van der Waals surface area (Å²) in [5.74, 6) is -0.839. The fraction of sp³-hybridized carbons (Fsp3) is 0.462. The van der Waals surface area contributed by atoms with Crippen molar-refractivity contribution < 1.29 is 9.59 Å². The number of carbonyl (C=O) groups is 2. The molecule has 2 heterocycles. The number of nitrogens with two attached hydrogens (primary N) is 1. The highest BCUT2D eigenvalue weighted by Gasteiger charge is 2.32. The lowest BCUT2D eigenvalue weighted by atomic mass is 9.92. The topological polar surface area (TPSA) is 76.3 Å². The van der Waals surface area contributed by atoms with Crippen LogP contribution in [0.2, 0.25) is 5.15 Å². The summed E-state index contributed by atoms with van der Waals surface area (Å²) in [7, 11) is 0. The van der Waals surface area contributed by atoms with Crippen molar-refractivity contribution in [3.63, 3.8) is 0 Å². The second-order valence-corrected chi connectivity index (χ2v) is 5.18. The van der Waals surface area contributed by atoms with Gasteiger partial charge in [0.1, 0.15) is 5.15 Å². The molecule has 1 saturated heterocycles. The third kappa shape index (κ3) is 2.87. The lowest BCUT2D eigenvalue weighted by molar-refractivity contribution is -0.123.